The number of nitrogens with zero attached hydrogens (tertiary/aromatic N) is 1. The molecule has 13 heavy (non-hydrogen) atoms. The molecule has 1 N–H and O–H groups in total. The van der Waals surface area contributed by atoms with Gasteiger partial charge in [0.25, 0.3) is 0 Å². The highest BCUT2D eigenvalue weighted by Crippen LogP contribution is 2.31. The first-order chi connectivity index (χ1) is 6.16. The molecule has 2 nitrogen and oxygen atoms in total. The Bertz CT molecular complexity index is 181. The zero-order chi connectivity index (χ0) is 9.42. The summed E-state index contributed by atoms with van der Waals surface area (Å²) in [5, 5.41) is 3.79. The van der Waals surface area contributed by atoms with E-state index < -0.39 is 0 Å². The predicted octanol–water partition coefficient (Wildman–Crippen LogP) is 1.32. The Morgan fingerprint density at radius 3 is 2.38 bits per heavy atom. The molecule has 2 fully saturated rings. The van der Waals surface area contributed by atoms with Crippen LogP contribution in [0.15, 0.2) is 0 Å². The van der Waals surface area contributed by atoms with Crippen molar-refractivity contribution in [2.45, 2.75) is 38.8 Å². The average molecular weight is 182 g/mol. The van der Waals surface area contributed by atoms with Gasteiger partial charge in [0.2, 0.25) is 0 Å². The summed E-state index contributed by atoms with van der Waals surface area (Å²) in [6, 6.07) is 1.63. The van der Waals surface area contributed by atoms with E-state index in [2.05, 4.69) is 31.1 Å². The summed E-state index contributed by atoms with van der Waals surface area (Å²) in [6.45, 7) is 7.25. The summed E-state index contributed by atoms with van der Waals surface area (Å²) in [7, 11) is 2.23. The van der Waals surface area contributed by atoms with Crippen molar-refractivity contribution in [2.75, 3.05) is 20.1 Å². The van der Waals surface area contributed by atoms with Crippen LogP contribution < -0.4 is 5.32 Å². The Kier molecular flexibility index (Phi) is 2.61. The number of likely N-dealkylation sites (tertiary alicyclic amines) is 1. The molecule has 1 saturated carbocycles. The van der Waals surface area contributed by atoms with E-state index in [9.17, 15) is 0 Å². The van der Waals surface area contributed by atoms with E-state index in [0.29, 0.717) is 0 Å². The standard InChI is InChI=1S/C11H22N2/c1-8-6-11(8)12-10-4-5-13(3)7-9(10)2/h8-12H,4-7H2,1-3H3. The minimum atomic E-state index is 0.783. The summed E-state index contributed by atoms with van der Waals surface area (Å²) in [5.41, 5.74) is 0. The van der Waals surface area contributed by atoms with Gasteiger partial charge in [-0.1, -0.05) is 13.8 Å². The van der Waals surface area contributed by atoms with Crippen LogP contribution in [0.4, 0.5) is 0 Å². The lowest BCUT2D eigenvalue weighted by Crippen LogP contribution is -2.47. The Labute approximate surface area is 81.7 Å². The van der Waals surface area contributed by atoms with Crippen LogP contribution in [0.25, 0.3) is 0 Å². The van der Waals surface area contributed by atoms with E-state index in [1.165, 1.54) is 25.9 Å². The number of nitrogens with one attached hydrogen (secondary N) is 1. The molecule has 0 bridgehead atoms. The Balaban J connectivity index is 1.78. The maximum Gasteiger partial charge on any atom is 0.0120 e. The Morgan fingerprint density at radius 1 is 1.15 bits per heavy atom. The largest absolute Gasteiger partial charge is 0.311 e. The van der Waals surface area contributed by atoms with E-state index in [0.717, 1.165) is 23.9 Å². The predicted molar refractivity (Wildman–Crippen MR) is 55.8 cm³/mol. The first-order valence-electron chi connectivity index (χ1n) is 5.61. The fourth-order valence-electron chi connectivity index (χ4n) is 2.43. The summed E-state index contributed by atoms with van der Waals surface area (Å²) >= 11 is 0. The first kappa shape index (κ1) is 9.47. The van der Waals surface area contributed by atoms with Gasteiger partial charge in [-0.25, -0.2) is 0 Å². The van der Waals surface area contributed by atoms with Gasteiger partial charge >= 0.3 is 0 Å². The third-order valence-corrected chi connectivity index (χ3v) is 3.65. The molecule has 2 aliphatic rings. The molecule has 1 aliphatic heterocycles. The molecule has 2 rings (SSSR count). The van der Waals surface area contributed by atoms with E-state index in [1.54, 1.807) is 0 Å². The Morgan fingerprint density at radius 2 is 1.85 bits per heavy atom. The van der Waals surface area contributed by atoms with Gasteiger partial charge in [0.15, 0.2) is 0 Å². The van der Waals surface area contributed by atoms with Crippen LogP contribution in [0, 0.1) is 11.8 Å². The molecular weight excluding hydrogens is 160 g/mol. The van der Waals surface area contributed by atoms with Crippen molar-refractivity contribution in [1.29, 1.82) is 0 Å². The molecule has 4 atom stereocenters. The van der Waals surface area contributed by atoms with E-state index in [1.807, 2.05) is 0 Å². The smallest absolute Gasteiger partial charge is 0.0120 e. The van der Waals surface area contributed by atoms with Gasteiger partial charge in [-0.3, -0.25) is 0 Å². The quantitative estimate of drug-likeness (QED) is 0.693. The molecule has 0 amide bonds. The van der Waals surface area contributed by atoms with E-state index in [4.69, 9.17) is 0 Å². The molecule has 0 radical (unpaired) electrons. The second-order valence-electron chi connectivity index (χ2n) is 5.12. The molecule has 2 heteroatoms. The third kappa shape index (κ3) is 2.23. The number of piperidine rings is 1. The summed E-state index contributed by atoms with van der Waals surface area (Å²) in [6.07, 6.45) is 2.74. The lowest BCUT2D eigenvalue weighted by Gasteiger charge is -2.35. The van der Waals surface area contributed by atoms with Crippen LogP contribution in [0.1, 0.15) is 26.7 Å². The fourth-order valence-corrected chi connectivity index (χ4v) is 2.43. The van der Waals surface area contributed by atoms with Crippen LogP contribution in [0.3, 0.4) is 0 Å². The van der Waals surface area contributed by atoms with Crippen molar-refractivity contribution in [2.24, 2.45) is 11.8 Å². The zero-order valence-corrected chi connectivity index (χ0v) is 9.09. The van der Waals surface area contributed by atoms with Crippen molar-refractivity contribution in [3.05, 3.63) is 0 Å². The van der Waals surface area contributed by atoms with Crippen LogP contribution in [-0.4, -0.2) is 37.1 Å². The van der Waals surface area contributed by atoms with Crippen molar-refractivity contribution in [3.8, 4) is 0 Å². The van der Waals surface area contributed by atoms with E-state index in [-0.39, 0.29) is 0 Å². The molecule has 76 valence electrons. The minimum Gasteiger partial charge on any atom is -0.311 e. The molecule has 1 aliphatic carbocycles. The molecule has 4 unspecified atom stereocenters. The van der Waals surface area contributed by atoms with Crippen LogP contribution >= 0.6 is 0 Å². The van der Waals surface area contributed by atoms with Crippen LogP contribution in [0.2, 0.25) is 0 Å². The SMILES string of the molecule is CC1CN(C)CCC1NC1CC1C. The summed E-state index contributed by atoms with van der Waals surface area (Å²) in [4.78, 5) is 2.44. The Hall–Kier alpha value is -0.0800. The van der Waals surface area contributed by atoms with Crippen molar-refractivity contribution < 1.29 is 0 Å². The molecule has 1 heterocycles. The maximum atomic E-state index is 3.79. The molecule has 0 aromatic rings. The highest BCUT2D eigenvalue weighted by atomic mass is 15.1. The zero-order valence-electron chi connectivity index (χ0n) is 9.09. The van der Waals surface area contributed by atoms with Crippen LogP contribution in [-0.2, 0) is 0 Å². The minimum absolute atomic E-state index is 0.783. The van der Waals surface area contributed by atoms with Gasteiger partial charge in [-0.05, 0) is 38.3 Å². The lowest BCUT2D eigenvalue weighted by molar-refractivity contribution is 0.173. The van der Waals surface area contributed by atoms with Gasteiger partial charge in [-0.15, -0.1) is 0 Å². The van der Waals surface area contributed by atoms with Gasteiger partial charge in [0, 0.05) is 18.6 Å². The average Bonchev–Trinajstić information content (AvgIpc) is 2.73. The van der Waals surface area contributed by atoms with Gasteiger partial charge < -0.3 is 10.2 Å². The van der Waals surface area contributed by atoms with Crippen molar-refractivity contribution in [3.63, 3.8) is 0 Å². The van der Waals surface area contributed by atoms with E-state index >= 15 is 0 Å². The summed E-state index contributed by atoms with van der Waals surface area (Å²) < 4.78 is 0. The summed E-state index contributed by atoms with van der Waals surface area (Å²) in [5.74, 6) is 1.76. The second-order valence-corrected chi connectivity index (χ2v) is 5.12. The molecular formula is C11H22N2. The molecule has 0 spiro atoms. The number of hydrogen-bond donors (Lipinski definition) is 1. The van der Waals surface area contributed by atoms with Gasteiger partial charge in [0.1, 0.15) is 0 Å². The topological polar surface area (TPSA) is 15.3 Å². The first-order valence-corrected chi connectivity index (χ1v) is 5.61. The highest BCUT2D eigenvalue weighted by Gasteiger charge is 2.36. The van der Waals surface area contributed by atoms with Crippen molar-refractivity contribution in [1.82, 2.24) is 10.2 Å². The van der Waals surface area contributed by atoms with Crippen molar-refractivity contribution >= 4 is 0 Å². The number of rotatable bonds is 2. The lowest BCUT2D eigenvalue weighted by atomic mass is 9.94. The fraction of sp³-hybridized carbons (Fsp3) is 1.00. The highest BCUT2D eigenvalue weighted by molar-refractivity contribution is 4.94. The monoisotopic (exact) mass is 182 g/mol. The second kappa shape index (κ2) is 3.58. The van der Waals surface area contributed by atoms with Gasteiger partial charge in [-0.2, -0.15) is 0 Å². The third-order valence-electron chi connectivity index (χ3n) is 3.65. The molecule has 1 saturated heterocycles. The molecule has 0 aromatic heterocycles. The molecule has 0 aromatic carbocycles. The van der Waals surface area contributed by atoms with Gasteiger partial charge in [0.05, 0.1) is 0 Å². The number of hydrogen-bond acceptors (Lipinski definition) is 2. The van der Waals surface area contributed by atoms with Crippen LogP contribution in [0.5, 0.6) is 0 Å². The maximum absolute atomic E-state index is 3.79. The normalized spacial score (nSPS) is 46.4.